The molecule has 2 aromatic heterocycles. The molecule has 2 heterocycles. The highest BCUT2D eigenvalue weighted by Gasteiger charge is 2.24. The number of ether oxygens (including phenoxy) is 1. The summed E-state index contributed by atoms with van der Waals surface area (Å²) in [5.74, 6) is 0.0377. The van der Waals surface area contributed by atoms with Gasteiger partial charge in [0.05, 0.1) is 11.3 Å². The molecule has 0 saturated heterocycles. The molecule has 156 valence electrons. The fourth-order valence-electron chi connectivity index (χ4n) is 3.57. The Morgan fingerprint density at radius 3 is 2.33 bits per heavy atom. The molecule has 0 spiro atoms. The number of hydrogen-bond acceptors (Lipinski definition) is 5. The first-order chi connectivity index (χ1) is 14.4. The maximum absolute atomic E-state index is 13.2. The number of esters is 1. The molecular formula is C25H29N3O2. The van der Waals surface area contributed by atoms with Crippen molar-refractivity contribution in [1.29, 1.82) is 0 Å². The fourth-order valence-corrected chi connectivity index (χ4v) is 3.57. The third-order valence-corrected chi connectivity index (χ3v) is 5.03. The van der Waals surface area contributed by atoms with Crippen LogP contribution in [0.2, 0.25) is 0 Å². The number of nitrogens with zero attached hydrogens (tertiary/aromatic N) is 2. The van der Waals surface area contributed by atoms with Gasteiger partial charge in [0.2, 0.25) is 0 Å². The fraction of sp³-hybridized carbons (Fsp3) is 0.320. The maximum Gasteiger partial charge on any atom is 0.340 e. The summed E-state index contributed by atoms with van der Waals surface area (Å²) in [5.41, 5.74) is 13.0. The smallest absolute Gasteiger partial charge is 0.340 e. The molecule has 30 heavy (non-hydrogen) atoms. The molecule has 0 bridgehead atoms. The predicted octanol–water partition coefficient (Wildman–Crippen LogP) is 4.77. The quantitative estimate of drug-likeness (QED) is 0.575. The van der Waals surface area contributed by atoms with Gasteiger partial charge in [-0.05, 0) is 55.0 Å². The molecule has 5 heteroatoms. The summed E-state index contributed by atoms with van der Waals surface area (Å²) in [6.07, 6.45) is 4.17. The maximum atomic E-state index is 13.2. The standard InChI is InChI=1S/C25H29N3O2/c1-16(2)13-22-21(14-26)24(20-7-5-17(3)6-8-20)23(18(4)28-22)25(29)30-15-19-9-11-27-12-10-19/h5-12,16H,13-15,26H2,1-4H3. The van der Waals surface area contributed by atoms with E-state index in [-0.39, 0.29) is 6.61 Å². The van der Waals surface area contributed by atoms with Crippen molar-refractivity contribution in [2.75, 3.05) is 0 Å². The van der Waals surface area contributed by atoms with Crippen LogP contribution in [-0.2, 0) is 24.3 Å². The first-order valence-electron chi connectivity index (χ1n) is 10.3. The molecule has 0 fully saturated rings. The van der Waals surface area contributed by atoms with E-state index in [0.29, 0.717) is 23.7 Å². The number of benzene rings is 1. The molecule has 0 radical (unpaired) electrons. The zero-order chi connectivity index (χ0) is 21.7. The highest BCUT2D eigenvalue weighted by Crippen LogP contribution is 2.33. The molecule has 0 atom stereocenters. The second kappa shape index (κ2) is 9.63. The van der Waals surface area contributed by atoms with Crippen LogP contribution < -0.4 is 5.73 Å². The van der Waals surface area contributed by atoms with E-state index in [1.54, 1.807) is 12.4 Å². The molecule has 0 amide bonds. The third kappa shape index (κ3) is 4.92. The Balaban J connectivity index is 2.10. The van der Waals surface area contributed by atoms with E-state index < -0.39 is 5.97 Å². The van der Waals surface area contributed by atoms with Crippen molar-refractivity contribution in [1.82, 2.24) is 9.97 Å². The third-order valence-electron chi connectivity index (χ3n) is 5.03. The van der Waals surface area contributed by atoms with Crippen LogP contribution in [0.4, 0.5) is 0 Å². The van der Waals surface area contributed by atoms with Crippen molar-refractivity contribution in [2.24, 2.45) is 11.7 Å². The first-order valence-corrected chi connectivity index (χ1v) is 10.3. The molecular weight excluding hydrogens is 374 g/mol. The molecule has 2 N–H and O–H groups in total. The number of carbonyl (C=O) groups excluding carboxylic acids is 1. The lowest BCUT2D eigenvalue weighted by atomic mass is 9.90. The van der Waals surface area contributed by atoms with Gasteiger partial charge in [-0.25, -0.2) is 4.79 Å². The van der Waals surface area contributed by atoms with Crippen molar-refractivity contribution >= 4 is 5.97 Å². The predicted molar refractivity (Wildman–Crippen MR) is 119 cm³/mol. The molecule has 0 aliphatic rings. The van der Waals surface area contributed by atoms with E-state index in [1.807, 2.05) is 50.2 Å². The summed E-state index contributed by atoms with van der Waals surface area (Å²) in [5, 5.41) is 0. The minimum Gasteiger partial charge on any atom is -0.457 e. The molecule has 1 aromatic carbocycles. The number of nitrogens with two attached hydrogens (primary N) is 1. The van der Waals surface area contributed by atoms with Crippen molar-refractivity contribution in [3.8, 4) is 11.1 Å². The second-order valence-corrected chi connectivity index (χ2v) is 7.97. The van der Waals surface area contributed by atoms with Crippen LogP contribution in [0.3, 0.4) is 0 Å². The lowest BCUT2D eigenvalue weighted by Gasteiger charge is -2.20. The number of hydrogen-bond donors (Lipinski definition) is 1. The first kappa shape index (κ1) is 21.7. The minimum absolute atomic E-state index is 0.180. The molecule has 0 aliphatic heterocycles. The zero-order valence-corrected chi connectivity index (χ0v) is 18.1. The van der Waals surface area contributed by atoms with E-state index in [0.717, 1.165) is 39.9 Å². The van der Waals surface area contributed by atoms with Gasteiger partial charge in [0.25, 0.3) is 0 Å². The van der Waals surface area contributed by atoms with Crippen LogP contribution in [0, 0.1) is 19.8 Å². The van der Waals surface area contributed by atoms with Gasteiger partial charge >= 0.3 is 5.97 Å². The molecule has 0 unspecified atom stereocenters. The van der Waals surface area contributed by atoms with Crippen LogP contribution in [0.15, 0.2) is 48.8 Å². The van der Waals surface area contributed by atoms with Gasteiger partial charge in [-0.1, -0.05) is 43.7 Å². The molecule has 0 saturated carbocycles. The van der Waals surface area contributed by atoms with Crippen molar-refractivity contribution < 1.29 is 9.53 Å². The monoisotopic (exact) mass is 403 g/mol. The topological polar surface area (TPSA) is 78.1 Å². The Bertz CT molecular complexity index is 1010. The van der Waals surface area contributed by atoms with E-state index >= 15 is 0 Å². The Morgan fingerprint density at radius 2 is 1.73 bits per heavy atom. The van der Waals surface area contributed by atoms with Crippen molar-refractivity contribution in [3.05, 3.63) is 82.4 Å². The average Bonchev–Trinajstić information content (AvgIpc) is 2.72. The summed E-state index contributed by atoms with van der Waals surface area (Å²) >= 11 is 0. The molecule has 3 rings (SSSR count). The highest BCUT2D eigenvalue weighted by molar-refractivity contribution is 5.99. The van der Waals surface area contributed by atoms with E-state index in [9.17, 15) is 4.79 Å². The largest absolute Gasteiger partial charge is 0.457 e. The second-order valence-electron chi connectivity index (χ2n) is 7.97. The SMILES string of the molecule is Cc1ccc(-c2c(CN)c(CC(C)C)nc(C)c2C(=O)OCc2ccncc2)cc1. The highest BCUT2D eigenvalue weighted by atomic mass is 16.5. The van der Waals surface area contributed by atoms with Crippen LogP contribution in [0.1, 0.15) is 52.3 Å². The number of pyridine rings is 2. The summed E-state index contributed by atoms with van der Waals surface area (Å²) in [7, 11) is 0. The average molecular weight is 404 g/mol. The van der Waals surface area contributed by atoms with Gasteiger partial charge in [0, 0.05) is 30.2 Å². The number of aromatic nitrogens is 2. The lowest BCUT2D eigenvalue weighted by Crippen LogP contribution is -2.17. The summed E-state index contributed by atoms with van der Waals surface area (Å²) in [6.45, 7) is 8.70. The summed E-state index contributed by atoms with van der Waals surface area (Å²) in [6, 6.07) is 11.8. The van der Waals surface area contributed by atoms with Crippen LogP contribution in [0.5, 0.6) is 0 Å². The molecule has 5 nitrogen and oxygen atoms in total. The van der Waals surface area contributed by atoms with Crippen molar-refractivity contribution in [2.45, 2.75) is 47.3 Å². The number of aryl methyl sites for hydroxylation is 2. The zero-order valence-electron chi connectivity index (χ0n) is 18.1. The van der Waals surface area contributed by atoms with Gasteiger partial charge in [-0.3, -0.25) is 9.97 Å². The Hall–Kier alpha value is -3.05. The van der Waals surface area contributed by atoms with Gasteiger partial charge < -0.3 is 10.5 Å². The lowest BCUT2D eigenvalue weighted by molar-refractivity contribution is 0.0472. The van der Waals surface area contributed by atoms with Gasteiger partial charge in [0.15, 0.2) is 0 Å². The van der Waals surface area contributed by atoms with Crippen LogP contribution >= 0.6 is 0 Å². The van der Waals surface area contributed by atoms with E-state index in [1.165, 1.54) is 0 Å². The van der Waals surface area contributed by atoms with E-state index in [4.69, 9.17) is 15.5 Å². The molecule has 3 aromatic rings. The number of carbonyl (C=O) groups is 1. The van der Waals surface area contributed by atoms with Crippen LogP contribution in [-0.4, -0.2) is 15.9 Å². The Kier molecular flexibility index (Phi) is 6.95. The Morgan fingerprint density at radius 1 is 1.07 bits per heavy atom. The van der Waals surface area contributed by atoms with E-state index in [2.05, 4.69) is 18.8 Å². The Labute approximate surface area is 178 Å². The van der Waals surface area contributed by atoms with Crippen molar-refractivity contribution in [3.63, 3.8) is 0 Å². The molecule has 0 aliphatic carbocycles. The summed E-state index contributed by atoms with van der Waals surface area (Å²) in [4.78, 5) is 22.0. The van der Waals surface area contributed by atoms with Gasteiger partial charge in [0.1, 0.15) is 6.61 Å². The normalized spacial score (nSPS) is 11.0. The summed E-state index contributed by atoms with van der Waals surface area (Å²) < 4.78 is 5.65. The minimum atomic E-state index is -0.391. The van der Waals surface area contributed by atoms with Gasteiger partial charge in [-0.2, -0.15) is 0 Å². The number of rotatable bonds is 7. The van der Waals surface area contributed by atoms with Crippen LogP contribution in [0.25, 0.3) is 11.1 Å². The van der Waals surface area contributed by atoms with Gasteiger partial charge in [-0.15, -0.1) is 0 Å².